The predicted octanol–water partition coefficient (Wildman–Crippen LogP) is 2.50. The lowest BCUT2D eigenvalue weighted by Crippen LogP contribution is -2.27. The summed E-state index contributed by atoms with van der Waals surface area (Å²) in [6.45, 7) is 5.13. The summed E-state index contributed by atoms with van der Waals surface area (Å²) >= 11 is 0. The zero-order valence-electron chi connectivity index (χ0n) is 9.98. The first-order valence-corrected chi connectivity index (χ1v) is 5.31. The Hall–Kier alpha value is -1.97. The summed E-state index contributed by atoms with van der Waals surface area (Å²) in [6.07, 6.45) is 3.79. The molecule has 0 aromatic heterocycles. The van der Waals surface area contributed by atoms with E-state index in [0.29, 0.717) is 5.75 Å². The molecule has 4 heteroatoms. The average molecular weight is 234 g/mol. The van der Waals surface area contributed by atoms with E-state index >= 15 is 0 Å². The van der Waals surface area contributed by atoms with Crippen LogP contribution in [0.2, 0.25) is 0 Å². The van der Waals surface area contributed by atoms with Crippen molar-refractivity contribution in [2.75, 3.05) is 0 Å². The molecule has 1 aliphatic rings. The number of hydrogen-bond acceptors (Lipinski definition) is 4. The molecule has 1 heterocycles. The van der Waals surface area contributed by atoms with E-state index in [2.05, 4.69) is 0 Å². The monoisotopic (exact) mass is 234 g/mol. The lowest BCUT2D eigenvalue weighted by molar-refractivity contribution is -0.132. The maximum atomic E-state index is 10.9. The maximum Gasteiger partial charge on any atom is 0.308 e. The van der Waals surface area contributed by atoms with Crippen molar-refractivity contribution in [3.63, 3.8) is 0 Å². The number of esters is 1. The first-order chi connectivity index (χ1) is 7.87. The smallest absolute Gasteiger partial charge is 0.308 e. The molecule has 2 rings (SSSR count). The van der Waals surface area contributed by atoms with Gasteiger partial charge in [0.1, 0.15) is 11.4 Å². The van der Waals surface area contributed by atoms with Crippen molar-refractivity contribution in [1.29, 1.82) is 0 Å². The number of fused-ring (bicyclic) bond motifs is 1. The van der Waals surface area contributed by atoms with E-state index in [1.807, 2.05) is 26.0 Å². The molecule has 90 valence electrons. The number of ether oxygens (including phenoxy) is 2. The van der Waals surface area contributed by atoms with E-state index < -0.39 is 11.6 Å². The Labute approximate surface area is 99.5 Å². The van der Waals surface area contributed by atoms with Crippen LogP contribution in [0.15, 0.2) is 18.2 Å². The van der Waals surface area contributed by atoms with Gasteiger partial charge in [0.2, 0.25) is 0 Å². The van der Waals surface area contributed by atoms with Crippen LogP contribution in [0.3, 0.4) is 0 Å². The van der Waals surface area contributed by atoms with Gasteiger partial charge in [-0.3, -0.25) is 4.79 Å². The van der Waals surface area contributed by atoms with Crippen molar-refractivity contribution in [2.24, 2.45) is 0 Å². The van der Waals surface area contributed by atoms with E-state index in [1.54, 1.807) is 6.07 Å². The van der Waals surface area contributed by atoms with Gasteiger partial charge >= 0.3 is 5.97 Å². The number of phenols is 1. The van der Waals surface area contributed by atoms with Gasteiger partial charge in [0.05, 0.1) is 0 Å². The summed E-state index contributed by atoms with van der Waals surface area (Å²) in [4.78, 5) is 10.9. The van der Waals surface area contributed by atoms with Gasteiger partial charge in [0.25, 0.3) is 0 Å². The molecule has 0 saturated carbocycles. The molecule has 17 heavy (non-hydrogen) atoms. The van der Waals surface area contributed by atoms with Crippen LogP contribution in [0, 0.1) is 0 Å². The molecular weight excluding hydrogens is 220 g/mol. The van der Waals surface area contributed by atoms with Gasteiger partial charge in [0, 0.05) is 18.6 Å². The zero-order valence-corrected chi connectivity index (χ0v) is 9.98. The minimum Gasteiger partial charge on any atom is -0.504 e. The van der Waals surface area contributed by atoms with E-state index in [-0.39, 0.29) is 11.5 Å². The zero-order chi connectivity index (χ0) is 12.6. The molecule has 1 aliphatic heterocycles. The van der Waals surface area contributed by atoms with E-state index in [9.17, 15) is 9.90 Å². The fraction of sp³-hybridized carbons (Fsp3) is 0.308. The van der Waals surface area contributed by atoms with Gasteiger partial charge in [0.15, 0.2) is 11.5 Å². The number of hydrogen-bond donors (Lipinski definition) is 1. The van der Waals surface area contributed by atoms with Crippen molar-refractivity contribution in [2.45, 2.75) is 26.4 Å². The Morgan fingerprint density at radius 2 is 2.12 bits per heavy atom. The summed E-state index contributed by atoms with van der Waals surface area (Å²) in [5.74, 6) is 0.140. The van der Waals surface area contributed by atoms with Crippen molar-refractivity contribution >= 4 is 12.0 Å². The van der Waals surface area contributed by atoms with Gasteiger partial charge in [-0.25, -0.2) is 0 Å². The van der Waals surface area contributed by atoms with Crippen molar-refractivity contribution in [1.82, 2.24) is 0 Å². The molecule has 0 bridgehead atoms. The molecule has 0 saturated heterocycles. The molecule has 0 aliphatic carbocycles. The highest BCUT2D eigenvalue weighted by molar-refractivity contribution is 5.73. The highest BCUT2D eigenvalue weighted by Gasteiger charge is 2.23. The number of carbonyl (C=O) groups is 1. The molecular formula is C13H14O4. The lowest BCUT2D eigenvalue weighted by atomic mass is 10.0. The van der Waals surface area contributed by atoms with Crippen LogP contribution in [-0.4, -0.2) is 16.7 Å². The predicted molar refractivity (Wildman–Crippen MR) is 63.2 cm³/mol. The Bertz CT molecular complexity index is 500. The van der Waals surface area contributed by atoms with E-state index in [1.165, 1.54) is 13.0 Å². The first-order valence-electron chi connectivity index (χ1n) is 5.31. The highest BCUT2D eigenvalue weighted by Crippen LogP contribution is 2.39. The van der Waals surface area contributed by atoms with Crippen LogP contribution in [0.5, 0.6) is 17.2 Å². The second-order valence-electron chi connectivity index (χ2n) is 4.49. The summed E-state index contributed by atoms with van der Waals surface area (Å²) in [6, 6.07) is 3.04. The standard InChI is InChI=1S/C13H14O4/c1-8(14)16-12-6-9-4-5-13(2,3)17-11(9)7-10(12)15/h4-7,15H,1-3H3. The largest absolute Gasteiger partial charge is 0.504 e. The molecule has 0 fully saturated rings. The van der Waals surface area contributed by atoms with Crippen LogP contribution < -0.4 is 9.47 Å². The molecule has 1 aromatic carbocycles. The minimum atomic E-state index is -0.471. The molecule has 0 radical (unpaired) electrons. The molecule has 1 N–H and O–H groups in total. The topological polar surface area (TPSA) is 55.8 Å². The summed E-state index contributed by atoms with van der Waals surface area (Å²) in [7, 11) is 0. The van der Waals surface area contributed by atoms with Gasteiger partial charge < -0.3 is 14.6 Å². The molecule has 1 aromatic rings. The SMILES string of the molecule is CC(=O)Oc1cc2c(cc1O)OC(C)(C)C=C2. The summed E-state index contributed by atoms with van der Waals surface area (Å²) in [5.41, 5.74) is 0.376. The fourth-order valence-electron chi connectivity index (χ4n) is 1.63. The summed E-state index contributed by atoms with van der Waals surface area (Å²) in [5, 5.41) is 9.70. The lowest BCUT2D eigenvalue weighted by Gasteiger charge is -2.28. The number of benzene rings is 1. The molecule has 0 atom stereocenters. The maximum absolute atomic E-state index is 10.9. The van der Waals surface area contributed by atoms with Gasteiger partial charge in [-0.1, -0.05) is 6.08 Å². The first kappa shape index (κ1) is 11.5. The summed E-state index contributed by atoms with van der Waals surface area (Å²) < 4.78 is 10.6. The normalized spacial score (nSPS) is 15.9. The Balaban J connectivity index is 2.42. The van der Waals surface area contributed by atoms with Gasteiger partial charge in [-0.15, -0.1) is 0 Å². The van der Waals surface area contributed by atoms with Crippen LogP contribution >= 0.6 is 0 Å². The van der Waals surface area contributed by atoms with Gasteiger partial charge in [-0.05, 0) is 26.0 Å². The minimum absolute atomic E-state index is 0.106. The van der Waals surface area contributed by atoms with Gasteiger partial charge in [-0.2, -0.15) is 0 Å². The molecule has 0 amide bonds. The van der Waals surface area contributed by atoms with Crippen LogP contribution in [-0.2, 0) is 4.79 Å². The highest BCUT2D eigenvalue weighted by atomic mass is 16.5. The third kappa shape index (κ3) is 2.41. The van der Waals surface area contributed by atoms with E-state index in [4.69, 9.17) is 9.47 Å². The Morgan fingerprint density at radius 1 is 1.41 bits per heavy atom. The quantitative estimate of drug-likeness (QED) is 0.599. The molecule has 0 unspecified atom stereocenters. The average Bonchev–Trinajstić information content (AvgIpc) is 2.18. The fourth-order valence-corrected chi connectivity index (χ4v) is 1.63. The third-order valence-corrected chi connectivity index (χ3v) is 2.38. The third-order valence-electron chi connectivity index (χ3n) is 2.38. The number of aromatic hydroxyl groups is 1. The second-order valence-corrected chi connectivity index (χ2v) is 4.49. The van der Waals surface area contributed by atoms with Crippen LogP contribution in [0.4, 0.5) is 0 Å². The molecule has 0 spiro atoms. The van der Waals surface area contributed by atoms with Crippen molar-refractivity contribution in [3.8, 4) is 17.2 Å². The van der Waals surface area contributed by atoms with E-state index in [0.717, 1.165) is 5.56 Å². The van der Waals surface area contributed by atoms with Crippen LogP contribution in [0.25, 0.3) is 6.08 Å². The number of rotatable bonds is 1. The molecule has 4 nitrogen and oxygen atoms in total. The Morgan fingerprint density at radius 3 is 2.76 bits per heavy atom. The second kappa shape index (κ2) is 3.80. The van der Waals surface area contributed by atoms with Crippen molar-refractivity contribution in [3.05, 3.63) is 23.8 Å². The Kier molecular flexibility index (Phi) is 2.58. The number of carbonyl (C=O) groups excluding carboxylic acids is 1. The van der Waals surface area contributed by atoms with Crippen molar-refractivity contribution < 1.29 is 19.4 Å². The van der Waals surface area contributed by atoms with Crippen LogP contribution in [0.1, 0.15) is 26.3 Å². The number of phenolic OH excluding ortho intramolecular Hbond substituents is 1.